The average molecular weight is 289 g/mol. The second-order valence-corrected chi connectivity index (χ2v) is 4.41. The van der Waals surface area contributed by atoms with E-state index in [1.807, 2.05) is 6.92 Å². The molecule has 0 aliphatic carbocycles. The highest BCUT2D eigenvalue weighted by molar-refractivity contribution is 6.01. The Bertz CT molecular complexity index is 693. The fraction of sp³-hybridized carbons (Fsp3) is 0.231. The van der Waals surface area contributed by atoms with Crippen LogP contribution < -0.4 is 5.73 Å². The first-order valence-electron chi connectivity index (χ1n) is 6.37. The molecule has 0 amide bonds. The molecule has 8 heteroatoms. The van der Waals surface area contributed by atoms with Gasteiger partial charge in [0.1, 0.15) is 5.82 Å². The Morgan fingerprint density at radius 3 is 2.95 bits per heavy atom. The van der Waals surface area contributed by atoms with Crippen molar-refractivity contribution in [1.82, 2.24) is 9.55 Å². The number of imidazole rings is 1. The van der Waals surface area contributed by atoms with Crippen LogP contribution in [0.25, 0.3) is 5.69 Å². The number of rotatable bonds is 5. The number of aryl methyl sites for hydroxylation is 1. The van der Waals surface area contributed by atoms with Crippen molar-refractivity contribution in [3.8, 4) is 5.69 Å². The molecule has 0 bridgehead atoms. The van der Waals surface area contributed by atoms with Gasteiger partial charge < -0.3 is 15.5 Å². The summed E-state index contributed by atoms with van der Waals surface area (Å²) in [7, 11) is 0. The van der Waals surface area contributed by atoms with Crippen LogP contribution in [0.1, 0.15) is 24.7 Å². The van der Waals surface area contributed by atoms with E-state index < -0.39 is 4.92 Å². The SMILES string of the molecule is CCCc1nccn1-c1ccc([N+](=O)[O-])cc1C(N)=NO. The molecule has 0 aliphatic rings. The van der Waals surface area contributed by atoms with E-state index >= 15 is 0 Å². The summed E-state index contributed by atoms with van der Waals surface area (Å²) in [6, 6.07) is 4.21. The second kappa shape index (κ2) is 6.04. The van der Waals surface area contributed by atoms with Gasteiger partial charge in [0.15, 0.2) is 5.84 Å². The Balaban J connectivity index is 2.62. The summed E-state index contributed by atoms with van der Waals surface area (Å²) in [6.07, 6.45) is 5.03. The van der Waals surface area contributed by atoms with E-state index in [0.29, 0.717) is 5.69 Å². The fourth-order valence-electron chi connectivity index (χ4n) is 2.07. The zero-order valence-electron chi connectivity index (χ0n) is 11.4. The maximum absolute atomic E-state index is 10.9. The molecule has 1 heterocycles. The Labute approximate surface area is 120 Å². The highest BCUT2D eigenvalue weighted by Crippen LogP contribution is 2.22. The number of amidine groups is 1. The van der Waals surface area contributed by atoms with Crippen LogP contribution >= 0.6 is 0 Å². The third-order valence-electron chi connectivity index (χ3n) is 3.03. The van der Waals surface area contributed by atoms with Gasteiger partial charge in [-0.05, 0) is 12.5 Å². The van der Waals surface area contributed by atoms with E-state index in [2.05, 4.69) is 10.1 Å². The van der Waals surface area contributed by atoms with E-state index in [9.17, 15) is 10.1 Å². The van der Waals surface area contributed by atoms with Crippen molar-refractivity contribution in [2.75, 3.05) is 0 Å². The van der Waals surface area contributed by atoms with Crippen LogP contribution in [0.3, 0.4) is 0 Å². The van der Waals surface area contributed by atoms with Gasteiger partial charge in [0.25, 0.3) is 5.69 Å². The first-order valence-corrected chi connectivity index (χ1v) is 6.37. The number of aromatic nitrogens is 2. The fourth-order valence-corrected chi connectivity index (χ4v) is 2.07. The van der Waals surface area contributed by atoms with E-state index in [0.717, 1.165) is 18.7 Å². The molecule has 0 saturated carbocycles. The van der Waals surface area contributed by atoms with Crippen LogP contribution in [-0.4, -0.2) is 25.5 Å². The molecule has 0 saturated heterocycles. The molecule has 1 aromatic carbocycles. The number of oxime groups is 1. The quantitative estimate of drug-likeness (QED) is 0.286. The molecule has 0 spiro atoms. The van der Waals surface area contributed by atoms with Gasteiger partial charge in [0.2, 0.25) is 0 Å². The number of nitro benzene ring substituents is 1. The van der Waals surface area contributed by atoms with Crippen molar-refractivity contribution in [1.29, 1.82) is 0 Å². The Morgan fingerprint density at radius 1 is 1.57 bits per heavy atom. The number of nitro groups is 1. The minimum atomic E-state index is -0.529. The summed E-state index contributed by atoms with van der Waals surface area (Å²) in [5.41, 5.74) is 6.37. The predicted molar refractivity (Wildman–Crippen MR) is 76.7 cm³/mol. The Hall–Kier alpha value is -2.90. The maximum Gasteiger partial charge on any atom is 0.270 e. The Kier molecular flexibility index (Phi) is 4.17. The van der Waals surface area contributed by atoms with Gasteiger partial charge in [-0.15, -0.1) is 0 Å². The highest BCUT2D eigenvalue weighted by Gasteiger charge is 2.16. The van der Waals surface area contributed by atoms with E-state index in [4.69, 9.17) is 10.9 Å². The van der Waals surface area contributed by atoms with Crippen LogP contribution in [0, 0.1) is 10.1 Å². The standard InChI is InChI=1S/C13H15N5O3/c1-2-3-12-15-6-7-17(12)11-5-4-9(18(20)21)8-10(11)13(14)16-19/h4-8,19H,2-3H2,1H3,(H2,14,16). The third-order valence-corrected chi connectivity index (χ3v) is 3.03. The van der Waals surface area contributed by atoms with Crippen molar-refractivity contribution in [3.63, 3.8) is 0 Å². The molecule has 0 radical (unpaired) electrons. The summed E-state index contributed by atoms with van der Waals surface area (Å²) in [5, 5.41) is 22.7. The van der Waals surface area contributed by atoms with E-state index in [-0.39, 0.29) is 17.1 Å². The summed E-state index contributed by atoms with van der Waals surface area (Å²) in [6.45, 7) is 2.03. The zero-order valence-corrected chi connectivity index (χ0v) is 11.4. The first-order chi connectivity index (χ1) is 10.1. The number of hydrogen-bond acceptors (Lipinski definition) is 5. The largest absolute Gasteiger partial charge is 0.409 e. The summed E-state index contributed by atoms with van der Waals surface area (Å²) in [4.78, 5) is 14.6. The first kappa shape index (κ1) is 14.5. The van der Waals surface area contributed by atoms with Gasteiger partial charge in [-0.25, -0.2) is 4.98 Å². The molecule has 3 N–H and O–H groups in total. The van der Waals surface area contributed by atoms with Crippen molar-refractivity contribution >= 4 is 11.5 Å². The lowest BCUT2D eigenvalue weighted by molar-refractivity contribution is -0.384. The zero-order chi connectivity index (χ0) is 15.4. The van der Waals surface area contributed by atoms with Crippen LogP contribution in [0.15, 0.2) is 35.7 Å². The van der Waals surface area contributed by atoms with Gasteiger partial charge in [0, 0.05) is 30.9 Å². The van der Waals surface area contributed by atoms with E-state index in [1.54, 1.807) is 23.0 Å². The minimum Gasteiger partial charge on any atom is -0.409 e. The van der Waals surface area contributed by atoms with Crippen molar-refractivity contribution in [3.05, 3.63) is 52.1 Å². The smallest absolute Gasteiger partial charge is 0.270 e. The maximum atomic E-state index is 10.9. The molecule has 0 fully saturated rings. The molecule has 2 rings (SSSR count). The topological polar surface area (TPSA) is 120 Å². The number of non-ortho nitro benzene ring substituents is 1. The molecular weight excluding hydrogens is 274 g/mol. The molecule has 8 nitrogen and oxygen atoms in total. The van der Waals surface area contributed by atoms with Crippen LogP contribution in [-0.2, 0) is 6.42 Å². The third kappa shape index (κ3) is 2.83. The van der Waals surface area contributed by atoms with Gasteiger partial charge in [0.05, 0.1) is 16.2 Å². The van der Waals surface area contributed by atoms with Gasteiger partial charge in [-0.3, -0.25) is 10.1 Å². The minimum absolute atomic E-state index is 0.127. The molecule has 2 aromatic rings. The monoisotopic (exact) mass is 289 g/mol. The number of nitrogens with zero attached hydrogens (tertiary/aromatic N) is 4. The number of benzene rings is 1. The highest BCUT2D eigenvalue weighted by atomic mass is 16.6. The number of hydrogen-bond donors (Lipinski definition) is 2. The van der Waals surface area contributed by atoms with Gasteiger partial charge in [-0.1, -0.05) is 12.1 Å². The molecule has 1 aromatic heterocycles. The van der Waals surface area contributed by atoms with E-state index in [1.165, 1.54) is 12.1 Å². The summed E-state index contributed by atoms with van der Waals surface area (Å²) < 4.78 is 1.78. The Morgan fingerprint density at radius 2 is 2.33 bits per heavy atom. The normalized spacial score (nSPS) is 11.6. The van der Waals surface area contributed by atoms with Crippen LogP contribution in [0.4, 0.5) is 5.69 Å². The van der Waals surface area contributed by atoms with Crippen molar-refractivity contribution in [2.24, 2.45) is 10.9 Å². The van der Waals surface area contributed by atoms with Gasteiger partial charge >= 0.3 is 0 Å². The molecule has 0 unspecified atom stereocenters. The molecule has 110 valence electrons. The lowest BCUT2D eigenvalue weighted by Gasteiger charge is -2.12. The van der Waals surface area contributed by atoms with Crippen molar-refractivity contribution < 1.29 is 10.1 Å². The molecule has 0 atom stereocenters. The van der Waals surface area contributed by atoms with Crippen LogP contribution in [0.2, 0.25) is 0 Å². The second-order valence-electron chi connectivity index (χ2n) is 4.41. The summed E-state index contributed by atoms with van der Waals surface area (Å²) >= 11 is 0. The lowest BCUT2D eigenvalue weighted by atomic mass is 10.1. The molecule has 0 aliphatic heterocycles. The summed E-state index contributed by atoms with van der Waals surface area (Å²) in [5.74, 6) is 0.614. The molecule has 21 heavy (non-hydrogen) atoms. The molecular formula is C13H15N5O3. The predicted octanol–water partition coefficient (Wildman–Crippen LogP) is 1.83. The van der Waals surface area contributed by atoms with Gasteiger partial charge in [-0.2, -0.15) is 0 Å². The van der Waals surface area contributed by atoms with Crippen LogP contribution in [0.5, 0.6) is 0 Å². The number of nitrogens with two attached hydrogens (primary N) is 1. The lowest BCUT2D eigenvalue weighted by Crippen LogP contribution is -2.17. The van der Waals surface area contributed by atoms with Crippen molar-refractivity contribution in [2.45, 2.75) is 19.8 Å². The average Bonchev–Trinajstić information content (AvgIpc) is 2.94.